The Hall–Kier alpha value is -4.66. The van der Waals surface area contributed by atoms with Crippen LogP contribution in [-0.4, -0.2) is 37.5 Å². The van der Waals surface area contributed by atoms with Gasteiger partial charge in [0.2, 0.25) is 0 Å². The van der Waals surface area contributed by atoms with Gasteiger partial charge in [0.1, 0.15) is 28.2 Å². The molecule has 36 heavy (non-hydrogen) atoms. The van der Waals surface area contributed by atoms with Gasteiger partial charge in [-0.2, -0.15) is 0 Å². The first-order valence-corrected chi connectivity index (χ1v) is 11.0. The lowest BCUT2D eigenvalue weighted by Gasteiger charge is -2.27. The molecular weight excluding hydrogens is 468 g/mol. The molecule has 3 aromatic carbocycles. The molecule has 9 heteroatoms. The van der Waals surface area contributed by atoms with Crippen LogP contribution in [0.2, 0.25) is 0 Å². The third-order valence-electron chi connectivity index (χ3n) is 6.20. The molecule has 9 nitrogen and oxygen atoms in total. The predicted octanol–water partition coefficient (Wildman–Crippen LogP) is 4.34. The molecule has 184 valence electrons. The van der Waals surface area contributed by atoms with Gasteiger partial charge in [0.15, 0.2) is 28.4 Å². The standard InChI is InChI=1S/C27H22O9/c1-32-19-8-7-13(9-16(19)28)21-11-17(29)25-18(30)12-22-24(27(25)36-21)15(10-23(31)35-22)14-5-4-6-20(33-2)26(14)34-3/h4-9,11-12,15,28,30H,10H2,1-3H3/t15-/m1/s1. The van der Waals surface area contributed by atoms with Crippen LogP contribution in [-0.2, 0) is 4.79 Å². The molecule has 0 amide bonds. The van der Waals surface area contributed by atoms with Crippen LogP contribution in [0.4, 0.5) is 0 Å². The molecule has 4 aromatic rings. The number of phenols is 2. The highest BCUT2D eigenvalue weighted by Crippen LogP contribution is 2.49. The van der Waals surface area contributed by atoms with E-state index in [1.54, 1.807) is 30.3 Å². The van der Waals surface area contributed by atoms with Crippen molar-refractivity contribution in [2.75, 3.05) is 21.3 Å². The van der Waals surface area contributed by atoms with Crippen LogP contribution < -0.4 is 24.4 Å². The third kappa shape index (κ3) is 3.65. The molecule has 0 bridgehead atoms. The van der Waals surface area contributed by atoms with Gasteiger partial charge in [0, 0.05) is 34.7 Å². The highest BCUT2D eigenvalue weighted by Gasteiger charge is 2.35. The second-order valence-corrected chi connectivity index (χ2v) is 8.19. The number of phenolic OH excluding ortho intramolecular Hbond substituents is 2. The van der Waals surface area contributed by atoms with Crippen molar-refractivity contribution >= 4 is 16.9 Å². The lowest BCUT2D eigenvalue weighted by atomic mass is 9.84. The summed E-state index contributed by atoms with van der Waals surface area (Å²) in [5.74, 6) is -0.299. The third-order valence-corrected chi connectivity index (χ3v) is 6.20. The average molecular weight is 490 g/mol. The summed E-state index contributed by atoms with van der Waals surface area (Å²) in [5.41, 5.74) is 0.996. The van der Waals surface area contributed by atoms with Crippen LogP contribution in [0.5, 0.6) is 34.5 Å². The van der Waals surface area contributed by atoms with E-state index in [9.17, 15) is 19.8 Å². The summed E-state index contributed by atoms with van der Waals surface area (Å²) in [6.45, 7) is 0. The van der Waals surface area contributed by atoms with Gasteiger partial charge in [-0.1, -0.05) is 12.1 Å². The topological polar surface area (TPSA) is 125 Å². The molecule has 0 saturated heterocycles. The summed E-state index contributed by atoms with van der Waals surface area (Å²) in [6.07, 6.45) is -0.0618. The minimum Gasteiger partial charge on any atom is -0.507 e. The summed E-state index contributed by atoms with van der Waals surface area (Å²) in [7, 11) is 4.43. The Morgan fingerprint density at radius 2 is 1.67 bits per heavy atom. The van der Waals surface area contributed by atoms with E-state index in [4.69, 9.17) is 23.4 Å². The molecule has 1 aromatic heterocycles. The van der Waals surface area contributed by atoms with E-state index >= 15 is 0 Å². The van der Waals surface area contributed by atoms with Gasteiger partial charge in [0.25, 0.3) is 0 Å². The molecule has 1 atom stereocenters. The predicted molar refractivity (Wildman–Crippen MR) is 129 cm³/mol. The molecular formula is C27H22O9. The lowest BCUT2D eigenvalue weighted by molar-refractivity contribution is -0.135. The number of aromatic hydroxyl groups is 2. The van der Waals surface area contributed by atoms with Crippen LogP contribution in [0.3, 0.4) is 0 Å². The largest absolute Gasteiger partial charge is 0.507 e. The van der Waals surface area contributed by atoms with E-state index in [0.717, 1.165) is 0 Å². The first kappa shape index (κ1) is 23.1. The Balaban J connectivity index is 1.81. The molecule has 2 heterocycles. The van der Waals surface area contributed by atoms with Crippen molar-refractivity contribution in [3.05, 3.63) is 69.9 Å². The van der Waals surface area contributed by atoms with Gasteiger partial charge in [0.05, 0.1) is 27.8 Å². The molecule has 0 spiro atoms. The van der Waals surface area contributed by atoms with Crippen LogP contribution in [0, 0.1) is 0 Å². The number of methoxy groups -OCH3 is 3. The maximum Gasteiger partial charge on any atom is 0.312 e. The Morgan fingerprint density at radius 3 is 2.36 bits per heavy atom. The number of para-hydroxylation sites is 1. The normalized spacial score (nSPS) is 14.8. The van der Waals surface area contributed by atoms with E-state index in [0.29, 0.717) is 28.2 Å². The van der Waals surface area contributed by atoms with Crippen molar-refractivity contribution in [3.63, 3.8) is 0 Å². The lowest BCUT2D eigenvalue weighted by Crippen LogP contribution is -2.22. The van der Waals surface area contributed by atoms with Crippen LogP contribution >= 0.6 is 0 Å². The monoisotopic (exact) mass is 490 g/mol. The molecule has 0 saturated carbocycles. The number of ether oxygens (including phenoxy) is 4. The molecule has 0 fully saturated rings. The molecule has 1 aliphatic heterocycles. The number of hydrogen-bond donors (Lipinski definition) is 2. The number of esters is 1. The second-order valence-electron chi connectivity index (χ2n) is 8.19. The fourth-order valence-corrected chi connectivity index (χ4v) is 4.60. The second kappa shape index (κ2) is 8.84. The number of fused-ring (bicyclic) bond motifs is 3. The maximum absolute atomic E-state index is 13.2. The molecule has 5 rings (SSSR count). The number of benzene rings is 3. The summed E-state index contributed by atoms with van der Waals surface area (Å²) < 4.78 is 27.7. The fourth-order valence-electron chi connectivity index (χ4n) is 4.60. The zero-order chi connectivity index (χ0) is 25.6. The van der Waals surface area contributed by atoms with Crippen molar-refractivity contribution in [1.82, 2.24) is 0 Å². The van der Waals surface area contributed by atoms with Gasteiger partial charge >= 0.3 is 5.97 Å². The maximum atomic E-state index is 13.2. The van der Waals surface area contributed by atoms with E-state index < -0.39 is 17.3 Å². The van der Waals surface area contributed by atoms with Gasteiger partial charge in [-0.25, -0.2) is 0 Å². The zero-order valence-corrected chi connectivity index (χ0v) is 19.7. The Labute approximate surface area is 205 Å². The van der Waals surface area contributed by atoms with Crippen LogP contribution in [0.25, 0.3) is 22.3 Å². The highest BCUT2D eigenvalue weighted by molar-refractivity contribution is 5.93. The van der Waals surface area contributed by atoms with Gasteiger partial charge in [-0.3, -0.25) is 9.59 Å². The SMILES string of the molecule is COc1ccc(-c2cc(=O)c3c(O)cc4c(c3o2)[C@@H](c2cccc(OC)c2OC)CC(=O)O4)cc1O. The summed E-state index contributed by atoms with van der Waals surface area (Å²) in [4.78, 5) is 25.7. The molecule has 2 N–H and O–H groups in total. The number of hydrogen-bond acceptors (Lipinski definition) is 9. The summed E-state index contributed by atoms with van der Waals surface area (Å²) >= 11 is 0. The molecule has 0 aliphatic carbocycles. The van der Waals surface area contributed by atoms with Crippen molar-refractivity contribution in [2.45, 2.75) is 12.3 Å². The van der Waals surface area contributed by atoms with Gasteiger partial charge in [-0.15, -0.1) is 0 Å². The van der Waals surface area contributed by atoms with Gasteiger partial charge < -0.3 is 33.6 Å². The van der Waals surface area contributed by atoms with Crippen molar-refractivity contribution in [1.29, 1.82) is 0 Å². The highest BCUT2D eigenvalue weighted by atomic mass is 16.5. The number of rotatable bonds is 5. The van der Waals surface area contributed by atoms with E-state index in [1.807, 2.05) is 0 Å². The van der Waals surface area contributed by atoms with Crippen molar-refractivity contribution in [2.24, 2.45) is 0 Å². The van der Waals surface area contributed by atoms with Crippen molar-refractivity contribution in [3.8, 4) is 45.8 Å². The zero-order valence-electron chi connectivity index (χ0n) is 19.7. The van der Waals surface area contributed by atoms with Crippen molar-refractivity contribution < 1.29 is 38.4 Å². The Bertz CT molecular complexity index is 1570. The Kier molecular flexibility index (Phi) is 5.68. The quantitative estimate of drug-likeness (QED) is 0.310. The summed E-state index contributed by atoms with van der Waals surface area (Å²) in [6, 6.07) is 12.3. The van der Waals surface area contributed by atoms with E-state index in [1.165, 1.54) is 39.5 Å². The smallest absolute Gasteiger partial charge is 0.312 e. The molecule has 1 aliphatic rings. The minimum absolute atomic E-state index is 0.0555. The van der Waals surface area contributed by atoms with E-state index in [-0.39, 0.29) is 46.1 Å². The number of carbonyl (C=O) groups is 1. The minimum atomic E-state index is -0.628. The van der Waals surface area contributed by atoms with Crippen LogP contribution in [0.15, 0.2) is 57.7 Å². The first-order valence-electron chi connectivity index (χ1n) is 11.0. The van der Waals surface area contributed by atoms with Gasteiger partial charge in [-0.05, 0) is 24.3 Å². The molecule has 0 radical (unpaired) electrons. The first-order chi connectivity index (χ1) is 17.4. The van der Waals surface area contributed by atoms with Crippen LogP contribution in [0.1, 0.15) is 23.5 Å². The van der Waals surface area contributed by atoms with E-state index in [2.05, 4.69) is 0 Å². The summed E-state index contributed by atoms with van der Waals surface area (Å²) in [5, 5.41) is 20.8. The Morgan fingerprint density at radius 1 is 0.889 bits per heavy atom. The fraction of sp³-hybridized carbons (Fsp3) is 0.185. The average Bonchev–Trinajstić information content (AvgIpc) is 2.86. The molecule has 0 unspecified atom stereocenters. The number of carbonyl (C=O) groups excluding carboxylic acids is 1.